The number of hydrogen-bond acceptors (Lipinski definition) is 5. The highest BCUT2D eigenvalue weighted by Crippen LogP contribution is 2.19. The summed E-state index contributed by atoms with van der Waals surface area (Å²) in [7, 11) is 0. The normalized spacial score (nSPS) is 10.6. The number of anilines is 1. The van der Waals surface area contributed by atoms with Crippen LogP contribution < -0.4 is 11.5 Å². The maximum absolute atomic E-state index is 11.3. The lowest BCUT2D eigenvalue weighted by molar-refractivity contribution is 0.0995. The van der Waals surface area contributed by atoms with Crippen molar-refractivity contribution < 1.29 is 4.79 Å². The quantitative estimate of drug-likeness (QED) is 0.805. The molecule has 0 radical (unpaired) electrons. The van der Waals surface area contributed by atoms with Gasteiger partial charge >= 0.3 is 0 Å². The van der Waals surface area contributed by atoms with Gasteiger partial charge in [0.05, 0.1) is 23.6 Å². The molecule has 0 unspecified atom stereocenters. The summed E-state index contributed by atoms with van der Waals surface area (Å²) in [6.07, 6.45) is 3.23. The number of amides is 1. The third-order valence-electron chi connectivity index (χ3n) is 2.76. The number of nitrogens with two attached hydrogens (primary N) is 2. The number of primary amides is 1. The van der Waals surface area contributed by atoms with E-state index in [1.807, 2.05) is 13.0 Å². The molecule has 0 saturated carbocycles. The second-order valence-corrected chi connectivity index (χ2v) is 4.20. The van der Waals surface area contributed by atoms with E-state index in [1.165, 1.54) is 0 Å². The minimum absolute atomic E-state index is 0.118. The minimum atomic E-state index is -0.618. The van der Waals surface area contributed by atoms with Gasteiger partial charge in [0.25, 0.3) is 5.91 Å². The molecule has 0 aromatic carbocycles. The van der Waals surface area contributed by atoms with Crippen LogP contribution in [-0.2, 0) is 13.0 Å². The molecule has 1 amide bonds. The minimum Gasteiger partial charge on any atom is -0.395 e. The second kappa shape index (κ2) is 5.47. The van der Waals surface area contributed by atoms with E-state index in [0.717, 1.165) is 24.2 Å². The first kappa shape index (κ1) is 13.0. The van der Waals surface area contributed by atoms with E-state index in [0.29, 0.717) is 12.2 Å². The number of carbonyl (C=O) groups excluding carboxylic acids is 1. The van der Waals surface area contributed by atoms with Crippen LogP contribution in [0.15, 0.2) is 18.3 Å². The summed E-state index contributed by atoms with van der Waals surface area (Å²) in [5, 5.41) is 12.0. The van der Waals surface area contributed by atoms with Gasteiger partial charge in [-0.1, -0.05) is 13.3 Å². The van der Waals surface area contributed by atoms with E-state index in [4.69, 9.17) is 11.5 Å². The van der Waals surface area contributed by atoms with Crippen LogP contribution in [0.1, 0.15) is 35.2 Å². The zero-order chi connectivity index (χ0) is 13.8. The molecule has 0 saturated heterocycles. The van der Waals surface area contributed by atoms with Crippen molar-refractivity contribution in [2.75, 3.05) is 5.73 Å². The largest absolute Gasteiger partial charge is 0.395 e. The Morgan fingerprint density at radius 3 is 2.84 bits per heavy atom. The van der Waals surface area contributed by atoms with Crippen LogP contribution in [-0.4, -0.2) is 25.9 Å². The molecule has 7 heteroatoms. The molecule has 7 nitrogen and oxygen atoms in total. The summed E-state index contributed by atoms with van der Waals surface area (Å²) in [6, 6.07) is 3.63. The van der Waals surface area contributed by atoms with Gasteiger partial charge in [-0.25, -0.2) is 0 Å². The van der Waals surface area contributed by atoms with Crippen LogP contribution in [0.2, 0.25) is 0 Å². The van der Waals surface area contributed by atoms with Gasteiger partial charge in [0, 0.05) is 6.20 Å². The lowest BCUT2D eigenvalue weighted by atomic mass is 10.2. The molecular formula is C12H16N6O. The summed E-state index contributed by atoms with van der Waals surface area (Å²) in [5.74, 6) is -0.618. The molecule has 2 rings (SSSR count). The standard InChI is InChI=1S/C12H16N6O/c1-2-4-9-10(13)11(12(14)19)17-18(9)7-8-5-3-6-15-16-8/h3,5-6H,2,4,7,13H2,1H3,(H2,14,19). The second-order valence-electron chi connectivity index (χ2n) is 4.20. The number of aromatic nitrogens is 4. The van der Waals surface area contributed by atoms with Gasteiger partial charge in [-0.15, -0.1) is 0 Å². The van der Waals surface area contributed by atoms with Crippen LogP contribution in [0, 0.1) is 0 Å². The monoisotopic (exact) mass is 260 g/mol. The van der Waals surface area contributed by atoms with Crippen molar-refractivity contribution >= 4 is 11.6 Å². The van der Waals surface area contributed by atoms with Gasteiger partial charge in [-0.3, -0.25) is 9.48 Å². The highest BCUT2D eigenvalue weighted by atomic mass is 16.1. The van der Waals surface area contributed by atoms with E-state index in [1.54, 1.807) is 16.9 Å². The van der Waals surface area contributed by atoms with Crippen molar-refractivity contribution in [1.29, 1.82) is 0 Å². The number of rotatable bonds is 5. The average Bonchev–Trinajstić information content (AvgIpc) is 2.69. The first-order valence-corrected chi connectivity index (χ1v) is 6.05. The molecule has 4 N–H and O–H groups in total. The predicted molar refractivity (Wildman–Crippen MR) is 70.3 cm³/mol. The van der Waals surface area contributed by atoms with Gasteiger partial charge in [0.15, 0.2) is 5.69 Å². The van der Waals surface area contributed by atoms with E-state index in [2.05, 4.69) is 15.3 Å². The van der Waals surface area contributed by atoms with Crippen LogP contribution >= 0.6 is 0 Å². The SMILES string of the molecule is CCCc1c(N)c(C(N)=O)nn1Cc1cccnn1. The highest BCUT2D eigenvalue weighted by molar-refractivity contribution is 5.96. The van der Waals surface area contributed by atoms with E-state index in [9.17, 15) is 4.79 Å². The molecule has 2 aromatic heterocycles. The Kier molecular flexibility index (Phi) is 3.74. The van der Waals surface area contributed by atoms with Crippen molar-refractivity contribution in [2.45, 2.75) is 26.3 Å². The van der Waals surface area contributed by atoms with Crippen molar-refractivity contribution in [1.82, 2.24) is 20.0 Å². The number of carbonyl (C=O) groups is 1. The van der Waals surface area contributed by atoms with Gasteiger partial charge in [0.2, 0.25) is 0 Å². The fourth-order valence-electron chi connectivity index (χ4n) is 1.90. The fourth-order valence-corrected chi connectivity index (χ4v) is 1.90. The van der Waals surface area contributed by atoms with Crippen LogP contribution in [0.5, 0.6) is 0 Å². The molecule has 0 spiro atoms. The lowest BCUT2D eigenvalue weighted by Gasteiger charge is -2.06. The Morgan fingerprint density at radius 2 is 2.26 bits per heavy atom. The Bertz CT molecular complexity index is 577. The van der Waals surface area contributed by atoms with Crippen LogP contribution in [0.3, 0.4) is 0 Å². The average molecular weight is 260 g/mol. The van der Waals surface area contributed by atoms with E-state index >= 15 is 0 Å². The van der Waals surface area contributed by atoms with Crippen molar-refractivity contribution in [2.24, 2.45) is 5.73 Å². The first-order chi connectivity index (χ1) is 9.13. The zero-order valence-electron chi connectivity index (χ0n) is 10.7. The zero-order valence-corrected chi connectivity index (χ0v) is 10.7. The predicted octanol–water partition coefficient (Wildman–Crippen LogP) is 0.355. The number of nitrogen functional groups attached to an aromatic ring is 1. The van der Waals surface area contributed by atoms with Crippen molar-refractivity contribution in [3.05, 3.63) is 35.4 Å². The Morgan fingerprint density at radius 1 is 1.47 bits per heavy atom. The molecule has 0 fully saturated rings. The molecule has 0 aliphatic rings. The molecule has 0 aliphatic heterocycles. The first-order valence-electron chi connectivity index (χ1n) is 6.05. The lowest BCUT2D eigenvalue weighted by Crippen LogP contribution is -2.14. The van der Waals surface area contributed by atoms with E-state index in [-0.39, 0.29) is 5.69 Å². The van der Waals surface area contributed by atoms with Crippen LogP contribution in [0.4, 0.5) is 5.69 Å². The Balaban J connectivity index is 2.38. The third kappa shape index (κ3) is 2.70. The molecule has 2 heterocycles. The molecular weight excluding hydrogens is 244 g/mol. The summed E-state index contributed by atoms with van der Waals surface area (Å²) >= 11 is 0. The maximum atomic E-state index is 11.3. The molecule has 19 heavy (non-hydrogen) atoms. The number of nitrogens with zero attached hydrogens (tertiary/aromatic N) is 4. The van der Waals surface area contributed by atoms with Gasteiger partial charge in [-0.05, 0) is 18.6 Å². The summed E-state index contributed by atoms with van der Waals surface area (Å²) in [6.45, 7) is 2.45. The van der Waals surface area contributed by atoms with Crippen molar-refractivity contribution in [3.8, 4) is 0 Å². The topological polar surface area (TPSA) is 113 Å². The summed E-state index contributed by atoms with van der Waals surface area (Å²) in [4.78, 5) is 11.3. The Hall–Kier alpha value is -2.44. The molecule has 0 bridgehead atoms. The Labute approximate surface area is 110 Å². The molecule has 0 aliphatic carbocycles. The van der Waals surface area contributed by atoms with E-state index < -0.39 is 5.91 Å². The molecule has 2 aromatic rings. The maximum Gasteiger partial charge on any atom is 0.271 e. The third-order valence-corrected chi connectivity index (χ3v) is 2.76. The van der Waals surface area contributed by atoms with Crippen LogP contribution in [0.25, 0.3) is 0 Å². The summed E-state index contributed by atoms with van der Waals surface area (Å²) < 4.78 is 1.67. The smallest absolute Gasteiger partial charge is 0.271 e. The molecule has 100 valence electrons. The van der Waals surface area contributed by atoms with Gasteiger partial charge < -0.3 is 11.5 Å². The van der Waals surface area contributed by atoms with Gasteiger partial charge in [-0.2, -0.15) is 15.3 Å². The number of hydrogen-bond donors (Lipinski definition) is 2. The fraction of sp³-hybridized carbons (Fsp3) is 0.333. The summed E-state index contributed by atoms with van der Waals surface area (Å²) in [5.41, 5.74) is 13.2. The van der Waals surface area contributed by atoms with Crippen molar-refractivity contribution in [3.63, 3.8) is 0 Å². The molecule has 0 atom stereocenters. The van der Waals surface area contributed by atoms with Gasteiger partial charge in [0.1, 0.15) is 0 Å². The highest BCUT2D eigenvalue weighted by Gasteiger charge is 2.18.